The SMILES string of the molecule is NC[C@H]1CC[C@@H](C(=O)Nc2ccccc2SC(F)(F)F)O1. The van der Waals surface area contributed by atoms with Gasteiger partial charge < -0.3 is 15.8 Å². The smallest absolute Gasteiger partial charge is 0.364 e. The van der Waals surface area contributed by atoms with Crippen LogP contribution in [0.1, 0.15) is 12.8 Å². The normalized spacial score (nSPS) is 22.3. The third kappa shape index (κ3) is 4.62. The van der Waals surface area contributed by atoms with Crippen molar-refractivity contribution in [3.63, 3.8) is 0 Å². The molecule has 0 saturated carbocycles. The number of halogens is 3. The summed E-state index contributed by atoms with van der Waals surface area (Å²) in [6.07, 6.45) is 0.360. The maximum Gasteiger partial charge on any atom is 0.446 e. The Bertz CT molecular complexity index is 510. The standard InChI is InChI=1S/C13H15F3N2O2S/c14-13(15,16)21-11-4-2-1-3-9(11)18-12(19)10-6-5-8(7-17)20-10/h1-4,8,10H,5-7,17H2,(H,18,19)/t8-,10+/m1/s1. The monoisotopic (exact) mass is 320 g/mol. The van der Waals surface area contributed by atoms with E-state index < -0.39 is 17.5 Å². The second kappa shape index (κ2) is 6.67. The summed E-state index contributed by atoms with van der Waals surface area (Å²) in [6.45, 7) is 0.324. The molecule has 1 heterocycles. The number of benzene rings is 1. The van der Waals surface area contributed by atoms with Gasteiger partial charge in [0.2, 0.25) is 0 Å². The van der Waals surface area contributed by atoms with E-state index in [9.17, 15) is 18.0 Å². The Morgan fingerprint density at radius 2 is 2.10 bits per heavy atom. The molecule has 2 atom stereocenters. The number of carbonyl (C=O) groups is 1. The van der Waals surface area contributed by atoms with Crippen molar-refractivity contribution in [2.24, 2.45) is 5.73 Å². The number of anilines is 1. The second-order valence-corrected chi connectivity index (χ2v) is 5.70. The predicted octanol–water partition coefficient (Wildman–Crippen LogP) is 2.74. The summed E-state index contributed by atoms with van der Waals surface area (Å²) in [5.41, 5.74) is 1.18. The average Bonchev–Trinajstić information content (AvgIpc) is 2.88. The number of nitrogens with one attached hydrogen (secondary N) is 1. The fourth-order valence-corrected chi connectivity index (χ4v) is 2.69. The average molecular weight is 320 g/mol. The highest BCUT2D eigenvalue weighted by Gasteiger charge is 2.32. The Kier molecular flexibility index (Phi) is 5.13. The summed E-state index contributed by atoms with van der Waals surface area (Å²) in [5.74, 6) is -0.443. The van der Waals surface area contributed by atoms with Gasteiger partial charge in [-0.25, -0.2) is 0 Å². The quantitative estimate of drug-likeness (QED) is 0.837. The second-order valence-electron chi connectivity index (χ2n) is 4.59. The first-order chi connectivity index (χ1) is 9.89. The van der Waals surface area contributed by atoms with Crippen molar-refractivity contribution in [2.75, 3.05) is 11.9 Å². The largest absolute Gasteiger partial charge is 0.446 e. The van der Waals surface area contributed by atoms with Gasteiger partial charge in [0.25, 0.3) is 5.91 Å². The summed E-state index contributed by atoms with van der Waals surface area (Å²) in [7, 11) is 0. The van der Waals surface area contributed by atoms with Crippen LogP contribution >= 0.6 is 11.8 Å². The fourth-order valence-electron chi connectivity index (χ4n) is 2.07. The van der Waals surface area contributed by atoms with Gasteiger partial charge >= 0.3 is 5.51 Å². The molecule has 0 spiro atoms. The molecular formula is C13H15F3N2O2S. The first-order valence-corrected chi connectivity index (χ1v) is 7.22. The minimum atomic E-state index is -4.41. The lowest BCUT2D eigenvalue weighted by Gasteiger charge is -2.15. The van der Waals surface area contributed by atoms with E-state index in [-0.39, 0.29) is 28.4 Å². The molecule has 4 nitrogen and oxygen atoms in total. The van der Waals surface area contributed by atoms with Crippen molar-refractivity contribution >= 4 is 23.4 Å². The molecule has 0 aromatic heterocycles. The molecule has 8 heteroatoms. The molecule has 116 valence electrons. The van der Waals surface area contributed by atoms with E-state index in [1.165, 1.54) is 18.2 Å². The molecule has 1 aromatic carbocycles. The van der Waals surface area contributed by atoms with Crippen LogP contribution in [0.5, 0.6) is 0 Å². The maximum atomic E-state index is 12.5. The molecule has 1 aliphatic rings. The number of hydrogen-bond donors (Lipinski definition) is 2. The van der Waals surface area contributed by atoms with Crippen molar-refractivity contribution in [3.8, 4) is 0 Å². The first-order valence-electron chi connectivity index (χ1n) is 6.40. The van der Waals surface area contributed by atoms with Crippen molar-refractivity contribution < 1.29 is 22.7 Å². The number of amides is 1. The van der Waals surface area contributed by atoms with E-state index in [0.717, 1.165) is 0 Å². The molecule has 0 unspecified atom stereocenters. The highest BCUT2D eigenvalue weighted by atomic mass is 32.2. The Labute approximate surface area is 124 Å². The van der Waals surface area contributed by atoms with Crippen LogP contribution in [0.4, 0.5) is 18.9 Å². The topological polar surface area (TPSA) is 64.4 Å². The van der Waals surface area contributed by atoms with Gasteiger partial charge in [-0.3, -0.25) is 4.79 Å². The van der Waals surface area contributed by atoms with Gasteiger partial charge in [-0.15, -0.1) is 0 Å². The number of para-hydroxylation sites is 1. The molecule has 2 rings (SSSR count). The minimum Gasteiger partial charge on any atom is -0.364 e. The number of alkyl halides is 3. The Morgan fingerprint density at radius 1 is 1.38 bits per heavy atom. The van der Waals surface area contributed by atoms with Gasteiger partial charge in [-0.05, 0) is 36.7 Å². The van der Waals surface area contributed by atoms with Crippen LogP contribution in [0.2, 0.25) is 0 Å². The Morgan fingerprint density at radius 3 is 2.71 bits per heavy atom. The van der Waals surface area contributed by atoms with Crippen molar-refractivity contribution in [3.05, 3.63) is 24.3 Å². The van der Waals surface area contributed by atoms with E-state index in [1.54, 1.807) is 6.07 Å². The zero-order chi connectivity index (χ0) is 15.5. The van der Waals surface area contributed by atoms with Gasteiger partial charge in [0, 0.05) is 11.4 Å². The van der Waals surface area contributed by atoms with Crippen molar-refractivity contribution in [1.82, 2.24) is 0 Å². The fraction of sp³-hybridized carbons (Fsp3) is 0.462. The van der Waals surface area contributed by atoms with Crippen LogP contribution in [0, 0.1) is 0 Å². The van der Waals surface area contributed by atoms with E-state index in [1.807, 2.05) is 0 Å². The van der Waals surface area contributed by atoms with E-state index in [2.05, 4.69) is 5.32 Å². The van der Waals surface area contributed by atoms with Crippen LogP contribution < -0.4 is 11.1 Å². The zero-order valence-electron chi connectivity index (χ0n) is 11.0. The highest BCUT2D eigenvalue weighted by molar-refractivity contribution is 8.00. The Hall–Kier alpha value is -1.25. The van der Waals surface area contributed by atoms with Gasteiger partial charge in [-0.1, -0.05) is 12.1 Å². The third-order valence-electron chi connectivity index (χ3n) is 3.03. The van der Waals surface area contributed by atoms with Gasteiger partial charge in [0.1, 0.15) is 6.10 Å². The first kappa shape index (κ1) is 16.1. The molecular weight excluding hydrogens is 305 g/mol. The Balaban J connectivity index is 2.04. The number of ether oxygens (including phenoxy) is 1. The van der Waals surface area contributed by atoms with E-state index in [4.69, 9.17) is 10.5 Å². The summed E-state index contributed by atoms with van der Waals surface area (Å²) in [4.78, 5) is 12.0. The summed E-state index contributed by atoms with van der Waals surface area (Å²) < 4.78 is 42.8. The molecule has 0 radical (unpaired) electrons. The van der Waals surface area contributed by atoms with E-state index in [0.29, 0.717) is 19.4 Å². The molecule has 1 fully saturated rings. The van der Waals surface area contributed by atoms with Gasteiger partial charge in [-0.2, -0.15) is 13.2 Å². The van der Waals surface area contributed by atoms with Gasteiger partial charge in [0.15, 0.2) is 0 Å². The summed E-state index contributed by atoms with van der Waals surface area (Å²) in [6, 6.07) is 5.79. The molecule has 1 aromatic rings. The molecule has 1 saturated heterocycles. The molecule has 21 heavy (non-hydrogen) atoms. The lowest BCUT2D eigenvalue weighted by molar-refractivity contribution is -0.126. The zero-order valence-corrected chi connectivity index (χ0v) is 11.8. The lowest BCUT2D eigenvalue weighted by Crippen LogP contribution is -2.30. The minimum absolute atomic E-state index is 0.0493. The van der Waals surface area contributed by atoms with Crippen LogP contribution in [0.25, 0.3) is 0 Å². The predicted molar refractivity (Wildman–Crippen MR) is 73.9 cm³/mol. The molecule has 0 aliphatic carbocycles. The van der Waals surface area contributed by atoms with Crippen LogP contribution in [-0.4, -0.2) is 30.2 Å². The number of thioether (sulfide) groups is 1. The molecule has 0 bridgehead atoms. The molecule has 3 N–H and O–H groups in total. The van der Waals surface area contributed by atoms with Gasteiger partial charge in [0.05, 0.1) is 11.8 Å². The van der Waals surface area contributed by atoms with Crippen molar-refractivity contribution in [1.29, 1.82) is 0 Å². The summed E-state index contributed by atoms with van der Waals surface area (Å²) >= 11 is -0.259. The van der Waals surface area contributed by atoms with Crippen molar-refractivity contribution in [2.45, 2.75) is 35.5 Å². The van der Waals surface area contributed by atoms with Crippen LogP contribution in [0.15, 0.2) is 29.2 Å². The lowest BCUT2D eigenvalue weighted by atomic mass is 10.2. The third-order valence-corrected chi connectivity index (χ3v) is 3.84. The number of hydrogen-bond acceptors (Lipinski definition) is 4. The van der Waals surface area contributed by atoms with E-state index >= 15 is 0 Å². The summed E-state index contributed by atoms with van der Waals surface area (Å²) in [5, 5.41) is 2.49. The molecule has 1 amide bonds. The number of nitrogens with two attached hydrogens (primary N) is 1. The maximum absolute atomic E-state index is 12.5. The number of carbonyl (C=O) groups excluding carboxylic acids is 1. The molecule has 1 aliphatic heterocycles. The van der Waals surface area contributed by atoms with Crippen LogP contribution in [-0.2, 0) is 9.53 Å². The van der Waals surface area contributed by atoms with Crippen LogP contribution in [0.3, 0.4) is 0 Å². The number of rotatable bonds is 4. The highest BCUT2D eigenvalue weighted by Crippen LogP contribution is 2.40.